The minimum Gasteiger partial charge on any atom is -0.444 e. The number of nitrogen functional groups attached to an aromatic ring is 1. The van der Waals surface area contributed by atoms with Crippen molar-refractivity contribution in [2.24, 2.45) is 0 Å². The number of nitrogens with zero attached hydrogens (tertiary/aromatic N) is 3. The average Bonchev–Trinajstić information content (AvgIpc) is 3.35. The molecule has 0 aliphatic rings. The van der Waals surface area contributed by atoms with Gasteiger partial charge >= 0.3 is 11.8 Å². The Morgan fingerprint density at radius 1 is 1.29 bits per heavy atom. The summed E-state index contributed by atoms with van der Waals surface area (Å²) in [6, 6.07) is 11.1. The van der Waals surface area contributed by atoms with Crippen LogP contribution < -0.4 is 16.7 Å². The summed E-state index contributed by atoms with van der Waals surface area (Å²) in [5.41, 5.74) is 6.37. The number of nitrogens with two attached hydrogens (primary N) is 1. The molecular formula is C24H26FN5O3S. The highest BCUT2D eigenvalue weighted by Crippen LogP contribution is 2.16. The van der Waals surface area contributed by atoms with Crippen molar-refractivity contribution < 1.29 is 13.9 Å². The number of carbonyl (C=O) groups is 1. The molecule has 0 fully saturated rings. The number of halogens is 1. The van der Waals surface area contributed by atoms with Gasteiger partial charge in [0.1, 0.15) is 11.9 Å². The molecule has 34 heavy (non-hydrogen) atoms. The molecule has 0 atom stereocenters. The highest BCUT2D eigenvalue weighted by Gasteiger charge is 2.16. The molecule has 0 unspecified atom stereocenters. The fraction of sp³-hybridized carbons (Fsp3) is 0.292. The number of rotatable bonds is 6. The number of alkyl carbamates (subject to hydrolysis) is 1. The Balaban J connectivity index is 1.60. The van der Waals surface area contributed by atoms with Crippen LogP contribution >= 0.6 is 11.3 Å². The number of thiophene rings is 1. The second-order valence-corrected chi connectivity index (χ2v) is 9.63. The lowest BCUT2D eigenvalue weighted by molar-refractivity contribution is 0.0532. The lowest BCUT2D eigenvalue weighted by Gasteiger charge is -2.19. The first-order valence-electron chi connectivity index (χ1n) is 10.5. The molecule has 3 aromatic rings. The van der Waals surface area contributed by atoms with Gasteiger partial charge in [0.25, 0.3) is 0 Å². The van der Waals surface area contributed by atoms with Gasteiger partial charge in [-0.1, -0.05) is 17.9 Å². The molecule has 2 aromatic heterocycles. The van der Waals surface area contributed by atoms with Gasteiger partial charge in [0.05, 0.1) is 24.3 Å². The Morgan fingerprint density at radius 3 is 2.79 bits per heavy atom. The van der Waals surface area contributed by atoms with Crippen molar-refractivity contribution in [3.8, 4) is 11.8 Å². The van der Waals surface area contributed by atoms with Gasteiger partial charge in [0.2, 0.25) is 0 Å². The number of hydrogen-bond acceptors (Lipinski definition) is 6. The summed E-state index contributed by atoms with van der Waals surface area (Å²) in [7, 11) is 0. The van der Waals surface area contributed by atoms with E-state index < -0.39 is 17.4 Å². The molecule has 2 heterocycles. The zero-order chi connectivity index (χ0) is 24.7. The van der Waals surface area contributed by atoms with E-state index >= 15 is 0 Å². The normalized spacial score (nSPS) is 11.6. The molecule has 1 amide bonds. The summed E-state index contributed by atoms with van der Waals surface area (Å²) in [6.45, 7) is 5.30. The van der Waals surface area contributed by atoms with Crippen molar-refractivity contribution in [2.45, 2.75) is 39.5 Å². The first-order valence-corrected chi connectivity index (χ1v) is 11.3. The van der Waals surface area contributed by atoms with Crippen LogP contribution in [0.3, 0.4) is 0 Å². The second kappa shape index (κ2) is 10.9. The quantitative estimate of drug-likeness (QED) is 0.412. The molecule has 178 valence electrons. The maximum atomic E-state index is 13.3. The molecule has 8 nitrogen and oxygen atoms in total. The van der Waals surface area contributed by atoms with Gasteiger partial charge in [-0.3, -0.25) is 4.57 Å². The lowest BCUT2D eigenvalue weighted by atomic mass is 10.2. The van der Waals surface area contributed by atoms with Crippen LogP contribution in [0.2, 0.25) is 0 Å². The topological polar surface area (TPSA) is 104 Å². The molecule has 0 bridgehead atoms. The molecule has 10 heteroatoms. The highest BCUT2D eigenvalue weighted by molar-refractivity contribution is 7.12. The van der Waals surface area contributed by atoms with Crippen molar-refractivity contribution in [1.29, 1.82) is 0 Å². The third-order valence-corrected chi connectivity index (χ3v) is 5.35. The molecule has 0 saturated carbocycles. The Labute approximate surface area is 200 Å². The van der Waals surface area contributed by atoms with Gasteiger partial charge in [-0.15, -0.1) is 11.3 Å². The van der Waals surface area contributed by atoms with Crippen molar-refractivity contribution >= 4 is 23.1 Å². The van der Waals surface area contributed by atoms with Crippen LogP contribution in [-0.4, -0.2) is 32.6 Å². The third kappa shape index (κ3) is 7.35. The van der Waals surface area contributed by atoms with E-state index in [0.29, 0.717) is 18.6 Å². The number of anilines is 1. The third-order valence-electron chi connectivity index (χ3n) is 4.37. The minimum absolute atomic E-state index is 0.0977. The zero-order valence-corrected chi connectivity index (χ0v) is 20.0. The summed E-state index contributed by atoms with van der Waals surface area (Å²) in [6.07, 6.45) is 1.09. The van der Waals surface area contributed by atoms with Crippen LogP contribution in [0.4, 0.5) is 14.9 Å². The Morgan fingerprint density at radius 2 is 2.09 bits per heavy atom. The number of amides is 1. The lowest BCUT2D eigenvalue weighted by Crippen LogP contribution is -2.34. The Hall–Kier alpha value is -3.84. The largest absolute Gasteiger partial charge is 0.444 e. The number of carbonyl (C=O) groups excluding carboxylic acids is 1. The van der Waals surface area contributed by atoms with E-state index in [2.05, 4.69) is 22.3 Å². The molecule has 1 aromatic carbocycles. The van der Waals surface area contributed by atoms with Gasteiger partial charge in [0, 0.05) is 22.7 Å². The van der Waals surface area contributed by atoms with E-state index in [1.165, 1.54) is 22.2 Å². The standard InChI is InChI=1S/C24H26FN5O3S/c1-24(2,3)33-22(31)27-13-18(12-25)14-30-23(32)29(16-28-30)15-21-10-9-20(34-21)8-7-17-5-4-6-19(26)11-17/h4-6,9-12,16H,13-15,26H2,1-3H3,(H,27,31). The predicted molar refractivity (Wildman–Crippen MR) is 130 cm³/mol. The van der Waals surface area contributed by atoms with Gasteiger partial charge < -0.3 is 15.8 Å². The number of benzene rings is 1. The first kappa shape index (κ1) is 24.8. The molecule has 3 rings (SSSR count). The zero-order valence-electron chi connectivity index (χ0n) is 19.2. The Bertz CT molecular complexity index is 1300. The number of ether oxygens (including phenoxy) is 1. The molecule has 0 radical (unpaired) electrons. The van der Waals surface area contributed by atoms with Crippen molar-refractivity contribution in [3.63, 3.8) is 0 Å². The van der Waals surface area contributed by atoms with Crippen LogP contribution in [0.25, 0.3) is 0 Å². The fourth-order valence-electron chi connectivity index (χ4n) is 2.86. The predicted octanol–water partition coefficient (Wildman–Crippen LogP) is 3.51. The summed E-state index contributed by atoms with van der Waals surface area (Å²) in [4.78, 5) is 26.2. The molecule has 0 spiro atoms. The smallest absolute Gasteiger partial charge is 0.407 e. The van der Waals surface area contributed by atoms with Crippen LogP contribution in [0.15, 0.2) is 59.4 Å². The van der Waals surface area contributed by atoms with Gasteiger partial charge in [-0.05, 0) is 56.7 Å². The fourth-order valence-corrected chi connectivity index (χ4v) is 3.72. The number of hydrogen-bond donors (Lipinski definition) is 2. The molecule has 0 aliphatic heterocycles. The van der Waals surface area contributed by atoms with Gasteiger partial charge in [-0.25, -0.2) is 18.7 Å². The monoisotopic (exact) mass is 483 g/mol. The summed E-state index contributed by atoms with van der Waals surface area (Å²) < 4.78 is 21.0. The van der Waals surface area contributed by atoms with Gasteiger partial charge in [-0.2, -0.15) is 5.10 Å². The minimum atomic E-state index is -0.669. The molecular weight excluding hydrogens is 457 g/mol. The van der Waals surface area contributed by atoms with Crippen LogP contribution in [0.1, 0.15) is 36.1 Å². The average molecular weight is 484 g/mol. The SMILES string of the molecule is CC(C)(C)OC(=O)NCC(=CF)Cn1ncn(Cc2ccc(C#Cc3cccc(N)c3)s2)c1=O. The highest BCUT2D eigenvalue weighted by atomic mass is 32.1. The van der Waals surface area contributed by atoms with E-state index in [0.717, 1.165) is 20.0 Å². The van der Waals surface area contributed by atoms with E-state index in [1.807, 2.05) is 24.3 Å². The second-order valence-electron chi connectivity index (χ2n) is 8.46. The maximum Gasteiger partial charge on any atom is 0.407 e. The number of aromatic nitrogens is 3. The first-order chi connectivity index (χ1) is 16.1. The van der Waals surface area contributed by atoms with E-state index in [9.17, 15) is 14.0 Å². The Kier molecular flexibility index (Phi) is 7.91. The van der Waals surface area contributed by atoms with Crippen LogP contribution in [-0.2, 0) is 17.8 Å². The molecule has 3 N–H and O–H groups in total. The summed E-state index contributed by atoms with van der Waals surface area (Å²) in [5, 5.41) is 6.53. The van der Waals surface area contributed by atoms with Crippen LogP contribution in [0.5, 0.6) is 0 Å². The van der Waals surface area contributed by atoms with Crippen LogP contribution in [0, 0.1) is 11.8 Å². The van der Waals surface area contributed by atoms with E-state index in [4.69, 9.17) is 10.5 Å². The molecule has 0 aliphatic carbocycles. The van der Waals surface area contributed by atoms with E-state index in [-0.39, 0.29) is 18.7 Å². The summed E-state index contributed by atoms with van der Waals surface area (Å²) >= 11 is 1.47. The molecule has 0 saturated heterocycles. The van der Waals surface area contributed by atoms with Crippen molar-refractivity contribution in [1.82, 2.24) is 19.7 Å². The van der Waals surface area contributed by atoms with E-state index in [1.54, 1.807) is 32.9 Å². The van der Waals surface area contributed by atoms with Crippen molar-refractivity contribution in [2.75, 3.05) is 12.3 Å². The van der Waals surface area contributed by atoms with Crippen molar-refractivity contribution in [3.05, 3.63) is 80.4 Å². The van der Waals surface area contributed by atoms with Gasteiger partial charge in [0.15, 0.2) is 0 Å². The summed E-state index contributed by atoms with van der Waals surface area (Å²) in [5.74, 6) is 6.17. The number of nitrogens with one attached hydrogen (secondary N) is 1. The maximum absolute atomic E-state index is 13.3.